The number of Topliss-reactive ketones (excluding diaryl/α,β-unsaturated/α-hetero) is 1. The van der Waals surface area contributed by atoms with Crippen LogP contribution in [0, 0.1) is 18.8 Å². The SMILES string of the molecule is COC(=O)C1C=C(C(=O)c2c(CC3CC3)c(C)nc(OC)c2C(C)C)C=C(C)C1. The van der Waals surface area contributed by atoms with E-state index < -0.39 is 5.92 Å². The first-order valence-corrected chi connectivity index (χ1v) is 10.4. The Hall–Kier alpha value is -2.43. The normalized spacial score (nSPS) is 18.9. The number of allylic oxidation sites excluding steroid dienone is 3. The number of esters is 1. The zero-order valence-corrected chi connectivity index (χ0v) is 18.3. The number of ether oxygens (including phenoxy) is 2. The molecule has 1 aromatic heterocycles. The highest BCUT2D eigenvalue weighted by Crippen LogP contribution is 2.40. The molecule has 1 atom stereocenters. The number of pyridine rings is 1. The standard InChI is InChI=1S/C24H31NO4/c1-13(2)20-21(19(11-16-7-8-16)15(4)25-23(20)28-5)22(26)17-9-14(3)10-18(12-17)24(27)29-6/h9,12-13,16,18H,7-8,10-11H2,1-6H3. The lowest BCUT2D eigenvalue weighted by Crippen LogP contribution is -2.21. The molecule has 0 spiro atoms. The van der Waals surface area contributed by atoms with E-state index in [9.17, 15) is 9.59 Å². The van der Waals surface area contributed by atoms with E-state index in [0.29, 0.717) is 29.4 Å². The molecular formula is C24H31NO4. The van der Waals surface area contributed by atoms with Crippen LogP contribution in [0.25, 0.3) is 0 Å². The Morgan fingerprint density at radius 3 is 2.45 bits per heavy atom. The van der Waals surface area contributed by atoms with Gasteiger partial charge in [0.05, 0.1) is 20.1 Å². The van der Waals surface area contributed by atoms with E-state index in [0.717, 1.165) is 28.8 Å². The number of methoxy groups -OCH3 is 2. The predicted molar refractivity (Wildman–Crippen MR) is 112 cm³/mol. The van der Waals surface area contributed by atoms with Gasteiger partial charge in [0.1, 0.15) is 0 Å². The van der Waals surface area contributed by atoms with E-state index in [-0.39, 0.29) is 17.7 Å². The summed E-state index contributed by atoms with van der Waals surface area (Å²) in [6.45, 7) is 8.01. The number of aromatic nitrogens is 1. The lowest BCUT2D eigenvalue weighted by molar-refractivity contribution is -0.143. The van der Waals surface area contributed by atoms with Crippen molar-refractivity contribution in [2.45, 2.75) is 59.3 Å². The van der Waals surface area contributed by atoms with Crippen molar-refractivity contribution in [3.8, 4) is 5.88 Å². The fourth-order valence-corrected chi connectivity index (χ4v) is 4.12. The van der Waals surface area contributed by atoms with Gasteiger partial charge in [-0.1, -0.05) is 31.6 Å². The van der Waals surface area contributed by atoms with Crippen molar-refractivity contribution in [2.24, 2.45) is 11.8 Å². The number of nitrogens with zero attached hydrogens (tertiary/aromatic N) is 1. The predicted octanol–water partition coefficient (Wildman–Crippen LogP) is 4.72. The second-order valence-electron chi connectivity index (χ2n) is 8.55. The van der Waals surface area contributed by atoms with Crippen LogP contribution < -0.4 is 4.74 Å². The highest BCUT2D eigenvalue weighted by Gasteiger charge is 2.32. The molecule has 1 fully saturated rings. The van der Waals surface area contributed by atoms with Crippen molar-refractivity contribution in [3.05, 3.63) is 45.7 Å². The molecule has 1 saturated carbocycles. The van der Waals surface area contributed by atoms with E-state index in [2.05, 4.69) is 18.8 Å². The van der Waals surface area contributed by atoms with Crippen LogP contribution in [0.4, 0.5) is 0 Å². The van der Waals surface area contributed by atoms with Crippen molar-refractivity contribution < 1.29 is 19.1 Å². The molecule has 156 valence electrons. The summed E-state index contributed by atoms with van der Waals surface area (Å²) >= 11 is 0. The topological polar surface area (TPSA) is 65.5 Å². The van der Waals surface area contributed by atoms with Gasteiger partial charge < -0.3 is 9.47 Å². The van der Waals surface area contributed by atoms with Gasteiger partial charge in [-0.3, -0.25) is 9.59 Å². The van der Waals surface area contributed by atoms with Gasteiger partial charge in [0.15, 0.2) is 5.78 Å². The molecule has 0 bridgehead atoms. The Morgan fingerprint density at radius 1 is 1.21 bits per heavy atom. The van der Waals surface area contributed by atoms with Crippen LogP contribution in [0.15, 0.2) is 23.3 Å². The molecule has 2 aliphatic carbocycles. The van der Waals surface area contributed by atoms with Crippen LogP contribution >= 0.6 is 0 Å². The van der Waals surface area contributed by atoms with E-state index in [1.807, 2.05) is 19.9 Å². The second kappa shape index (κ2) is 8.52. The molecule has 2 aliphatic rings. The van der Waals surface area contributed by atoms with Gasteiger partial charge >= 0.3 is 5.97 Å². The first-order chi connectivity index (χ1) is 13.8. The maximum Gasteiger partial charge on any atom is 0.312 e. The van der Waals surface area contributed by atoms with E-state index in [4.69, 9.17) is 9.47 Å². The van der Waals surface area contributed by atoms with Crippen LogP contribution in [-0.4, -0.2) is 31.0 Å². The summed E-state index contributed by atoms with van der Waals surface area (Å²) in [7, 11) is 2.98. The Kier molecular flexibility index (Phi) is 6.25. The van der Waals surface area contributed by atoms with Crippen LogP contribution in [0.2, 0.25) is 0 Å². The summed E-state index contributed by atoms with van der Waals surface area (Å²) in [6.07, 6.45) is 7.49. The van der Waals surface area contributed by atoms with Gasteiger partial charge in [0.25, 0.3) is 0 Å². The number of aryl methyl sites for hydroxylation is 1. The number of rotatable bonds is 7. The quantitative estimate of drug-likeness (QED) is 0.492. The second-order valence-corrected chi connectivity index (χ2v) is 8.55. The minimum Gasteiger partial charge on any atom is -0.481 e. The van der Waals surface area contributed by atoms with Gasteiger partial charge in [-0.15, -0.1) is 0 Å². The molecule has 1 heterocycles. The number of ketones is 1. The molecule has 1 aromatic rings. The van der Waals surface area contributed by atoms with Crippen molar-refractivity contribution in [3.63, 3.8) is 0 Å². The van der Waals surface area contributed by atoms with Crippen LogP contribution in [0.5, 0.6) is 5.88 Å². The molecule has 0 aliphatic heterocycles. The van der Waals surface area contributed by atoms with E-state index >= 15 is 0 Å². The monoisotopic (exact) mass is 397 g/mol. The molecule has 1 unspecified atom stereocenters. The number of carbonyl (C=O) groups excluding carboxylic acids is 2. The van der Waals surface area contributed by atoms with Gasteiger partial charge in [0, 0.05) is 22.4 Å². The zero-order valence-electron chi connectivity index (χ0n) is 18.3. The third kappa shape index (κ3) is 4.44. The molecular weight excluding hydrogens is 366 g/mol. The summed E-state index contributed by atoms with van der Waals surface area (Å²) in [5, 5.41) is 0. The zero-order chi connectivity index (χ0) is 21.3. The van der Waals surface area contributed by atoms with Crippen molar-refractivity contribution in [2.75, 3.05) is 14.2 Å². The van der Waals surface area contributed by atoms with Crippen LogP contribution in [0.1, 0.15) is 73.1 Å². The molecule has 0 aromatic carbocycles. The Morgan fingerprint density at radius 2 is 1.90 bits per heavy atom. The van der Waals surface area contributed by atoms with E-state index in [1.165, 1.54) is 20.0 Å². The highest BCUT2D eigenvalue weighted by atomic mass is 16.5. The molecule has 29 heavy (non-hydrogen) atoms. The third-order valence-corrected chi connectivity index (χ3v) is 5.79. The fraction of sp³-hybridized carbons (Fsp3) is 0.542. The van der Waals surface area contributed by atoms with Crippen LogP contribution in [-0.2, 0) is 16.0 Å². The van der Waals surface area contributed by atoms with Crippen molar-refractivity contribution >= 4 is 11.8 Å². The minimum absolute atomic E-state index is 0.0545. The summed E-state index contributed by atoms with van der Waals surface area (Å²) in [5.41, 5.74) is 4.98. The molecule has 0 radical (unpaired) electrons. The average Bonchev–Trinajstić information content (AvgIpc) is 3.51. The van der Waals surface area contributed by atoms with Crippen molar-refractivity contribution in [1.82, 2.24) is 4.98 Å². The largest absolute Gasteiger partial charge is 0.481 e. The lowest BCUT2D eigenvalue weighted by Gasteiger charge is -2.23. The molecule has 0 amide bonds. The summed E-state index contributed by atoms with van der Waals surface area (Å²) < 4.78 is 10.5. The molecule has 5 nitrogen and oxygen atoms in total. The molecule has 3 rings (SSSR count). The van der Waals surface area contributed by atoms with Crippen LogP contribution in [0.3, 0.4) is 0 Å². The Labute approximate surface area is 173 Å². The van der Waals surface area contributed by atoms with Gasteiger partial charge in [-0.25, -0.2) is 4.98 Å². The van der Waals surface area contributed by atoms with Gasteiger partial charge in [-0.05, 0) is 56.9 Å². The van der Waals surface area contributed by atoms with E-state index in [1.54, 1.807) is 13.2 Å². The Balaban J connectivity index is 2.16. The summed E-state index contributed by atoms with van der Waals surface area (Å²) in [4.78, 5) is 30.6. The maximum absolute atomic E-state index is 13.8. The molecule has 5 heteroatoms. The average molecular weight is 398 g/mol. The number of hydrogen-bond donors (Lipinski definition) is 0. The van der Waals surface area contributed by atoms with Gasteiger partial charge in [0.2, 0.25) is 5.88 Å². The van der Waals surface area contributed by atoms with Crippen molar-refractivity contribution in [1.29, 1.82) is 0 Å². The summed E-state index contributed by atoms with van der Waals surface area (Å²) in [5.74, 6) is 0.427. The summed E-state index contributed by atoms with van der Waals surface area (Å²) in [6, 6.07) is 0. The fourth-order valence-electron chi connectivity index (χ4n) is 4.12. The minimum atomic E-state index is -0.428. The third-order valence-electron chi connectivity index (χ3n) is 5.79. The Bertz CT molecular complexity index is 891. The number of hydrogen-bond acceptors (Lipinski definition) is 5. The maximum atomic E-state index is 13.8. The smallest absolute Gasteiger partial charge is 0.312 e. The number of carbonyl (C=O) groups is 2. The lowest BCUT2D eigenvalue weighted by atomic mass is 9.83. The molecule has 0 saturated heterocycles. The van der Waals surface area contributed by atoms with Gasteiger partial charge in [-0.2, -0.15) is 0 Å². The first kappa shape index (κ1) is 21.3. The highest BCUT2D eigenvalue weighted by molar-refractivity contribution is 6.13. The molecule has 0 N–H and O–H groups in total. The first-order valence-electron chi connectivity index (χ1n) is 10.4.